The highest BCUT2D eigenvalue weighted by Crippen LogP contribution is 2.14. The smallest absolute Gasteiger partial charge is 0.160 e. The van der Waals surface area contributed by atoms with Crippen LogP contribution >= 0.6 is 0 Å². The summed E-state index contributed by atoms with van der Waals surface area (Å²) in [6, 6.07) is 49.0. The number of hydrogen-bond donors (Lipinski definition) is 1. The molecule has 23 aromatic heterocycles. The molecule has 0 fully saturated rings. The van der Waals surface area contributed by atoms with E-state index in [1.807, 2.05) is 251 Å². The second kappa shape index (κ2) is 37.1. The number of H-pyrrole nitrogens is 1. The second-order valence-corrected chi connectivity index (χ2v) is 22.2. The Bertz CT molecular complexity index is 4770. The van der Waals surface area contributed by atoms with Gasteiger partial charge in [-0.15, -0.1) is 10.2 Å². The molecule has 31 heteroatoms. The molecule has 0 aliphatic carbocycles. The van der Waals surface area contributed by atoms with Crippen molar-refractivity contribution < 1.29 is 0 Å². The Hall–Kier alpha value is -15.7. The number of aryl methyl sites for hydroxylation is 2. The quantitative estimate of drug-likeness (QED) is 0.147. The molecule has 1 N–H and O–H groups in total. The van der Waals surface area contributed by atoms with Crippen molar-refractivity contribution in [2.24, 2.45) is 0 Å². The van der Waals surface area contributed by atoms with Gasteiger partial charge in [-0.3, -0.25) is 23.8 Å². The van der Waals surface area contributed by atoms with Gasteiger partial charge in [-0.25, -0.2) is 67.4 Å². The van der Waals surface area contributed by atoms with Crippen molar-refractivity contribution in [3.8, 4) is 0 Å². The Morgan fingerprint density at radius 2 is 0.832 bits per heavy atom. The Balaban J connectivity index is 0.000000103. The van der Waals surface area contributed by atoms with Crippen molar-refractivity contribution in [3.63, 3.8) is 0 Å². The minimum Gasteiger partial charge on any atom is -0.351 e. The van der Waals surface area contributed by atoms with Gasteiger partial charge in [-0.2, -0.15) is 25.5 Å². The Kier molecular flexibility index (Phi) is 24.2. The van der Waals surface area contributed by atoms with Crippen LogP contribution in [0.1, 0.15) is 12.1 Å². The predicted octanol–water partition coefficient (Wildman–Crippen LogP) is 11.5. The first-order valence-corrected chi connectivity index (χ1v) is 33.3. The summed E-state index contributed by atoms with van der Waals surface area (Å²) in [6.07, 6.45) is 65.5. The number of nitrogens with one attached hydrogen (secondary N) is 1. The topological polar surface area (TPSA) is 310 Å². The largest absolute Gasteiger partial charge is 0.351 e. The van der Waals surface area contributed by atoms with E-state index in [0.29, 0.717) is 0 Å². The Labute approximate surface area is 608 Å². The van der Waals surface area contributed by atoms with E-state index in [9.17, 15) is 0 Å². The number of aromatic amines is 1. The lowest BCUT2D eigenvalue weighted by molar-refractivity contribution is 0.750. The lowest BCUT2D eigenvalue weighted by Crippen LogP contribution is -1.86. The molecule has 24 heterocycles. The SMILES string of the molecule is c1cc2n(c1)CCC2.c1cc2nc[nH]c2cn1.c1cc2nccn2cn1.c1ccn2cncc2c1.c1ccn2cnnc2c1.c1ccn2nccc2c1.c1ccn2ncnc2c1.c1cn2ccnc2cn1.c1cn2ccnc2cn1.c1cnc2ccnn2c1.c1cnn2cccc2c1.c1cnn2ccnc2c1. The van der Waals surface area contributed by atoms with Gasteiger partial charge in [0, 0.05) is 173 Å². The average Bonchev–Trinajstić information content (AvgIpc) is 1.74. The molecular weight excluding hydrogens is 1350 g/mol. The zero-order chi connectivity index (χ0) is 72.5. The fraction of sp³-hybridized carbons (Fsp3) is 0.0395. The molecular formula is C76H67N31. The maximum Gasteiger partial charge on any atom is 0.160 e. The van der Waals surface area contributed by atoms with Gasteiger partial charge >= 0.3 is 0 Å². The van der Waals surface area contributed by atoms with Gasteiger partial charge in [0.05, 0.1) is 71.2 Å². The molecule has 31 nitrogen and oxygen atoms in total. The third-order valence-electron chi connectivity index (χ3n) is 15.2. The third kappa shape index (κ3) is 20.1. The minimum atomic E-state index is 0.887. The van der Waals surface area contributed by atoms with Crippen LogP contribution in [-0.2, 0) is 13.0 Å². The Morgan fingerprint density at radius 3 is 1.59 bits per heavy atom. The fourth-order valence-electron chi connectivity index (χ4n) is 10.1. The van der Waals surface area contributed by atoms with Crippen LogP contribution in [0.15, 0.2) is 369 Å². The van der Waals surface area contributed by atoms with E-state index >= 15 is 0 Å². The van der Waals surface area contributed by atoms with Crippen molar-refractivity contribution in [2.75, 3.05) is 0 Å². The van der Waals surface area contributed by atoms with Gasteiger partial charge in [0.15, 0.2) is 33.9 Å². The van der Waals surface area contributed by atoms with E-state index in [1.54, 1.807) is 138 Å². The van der Waals surface area contributed by atoms with E-state index in [1.165, 1.54) is 31.4 Å². The van der Waals surface area contributed by atoms with Crippen molar-refractivity contribution in [3.05, 3.63) is 375 Å². The minimum absolute atomic E-state index is 0.887. The molecule has 0 unspecified atom stereocenters. The van der Waals surface area contributed by atoms with E-state index in [2.05, 4.69) is 123 Å². The van der Waals surface area contributed by atoms with Gasteiger partial charge in [0.25, 0.3) is 0 Å². The molecule has 107 heavy (non-hydrogen) atoms. The normalized spacial score (nSPS) is 10.7. The summed E-state index contributed by atoms with van der Waals surface area (Å²) < 4.78 is 20.7. The average molecular weight is 1410 g/mol. The highest BCUT2D eigenvalue weighted by atomic mass is 15.3. The number of nitrogens with zero attached hydrogens (tertiary/aromatic N) is 30. The molecule has 1 aliphatic rings. The summed E-state index contributed by atoms with van der Waals surface area (Å²) in [5.74, 6) is 0. The lowest BCUT2D eigenvalue weighted by Gasteiger charge is -1.90. The van der Waals surface area contributed by atoms with Crippen LogP contribution in [0.3, 0.4) is 0 Å². The molecule has 24 rings (SSSR count). The molecule has 0 saturated carbocycles. The van der Waals surface area contributed by atoms with Crippen LogP contribution in [0, 0.1) is 0 Å². The molecule has 0 amide bonds. The van der Waals surface area contributed by atoms with Crippen LogP contribution in [0.2, 0.25) is 0 Å². The molecule has 0 aromatic carbocycles. The summed E-state index contributed by atoms with van der Waals surface area (Å²) in [7, 11) is 0. The van der Waals surface area contributed by atoms with Crippen LogP contribution < -0.4 is 0 Å². The van der Waals surface area contributed by atoms with Gasteiger partial charge < -0.3 is 22.8 Å². The molecule has 0 atom stereocenters. The zero-order valence-corrected chi connectivity index (χ0v) is 57.2. The number of hydrogen-bond acceptors (Lipinski definition) is 19. The first kappa shape index (κ1) is 69.8. The highest BCUT2D eigenvalue weighted by molar-refractivity contribution is 5.72. The third-order valence-corrected chi connectivity index (χ3v) is 15.2. The summed E-state index contributed by atoms with van der Waals surface area (Å²) in [4.78, 5) is 50.7. The molecule has 1 aliphatic heterocycles. The highest BCUT2D eigenvalue weighted by Gasteiger charge is 2.06. The summed E-state index contributed by atoms with van der Waals surface area (Å²) in [5, 5.41) is 27.5. The van der Waals surface area contributed by atoms with Gasteiger partial charge in [0.1, 0.15) is 24.6 Å². The van der Waals surface area contributed by atoms with E-state index < -0.39 is 0 Å². The van der Waals surface area contributed by atoms with E-state index in [4.69, 9.17) is 0 Å². The van der Waals surface area contributed by atoms with E-state index in [0.717, 1.165) is 67.1 Å². The predicted molar refractivity (Wildman–Crippen MR) is 403 cm³/mol. The van der Waals surface area contributed by atoms with Crippen LogP contribution in [0.25, 0.3) is 67.1 Å². The van der Waals surface area contributed by atoms with E-state index in [-0.39, 0.29) is 0 Å². The number of aromatic nitrogens is 31. The lowest BCUT2D eigenvalue weighted by atomic mass is 10.3. The Morgan fingerprint density at radius 1 is 0.290 bits per heavy atom. The number of fused-ring (bicyclic) bond motifs is 12. The fourth-order valence-corrected chi connectivity index (χ4v) is 10.1. The number of rotatable bonds is 0. The first-order valence-electron chi connectivity index (χ1n) is 33.3. The van der Waals surface area contributed by atoms with Crippen molar-refractivity contribution >= 4 is 67.1 Å². The van der Waals surface area contributed by atoms with Gasteiger partial charge in [0.2, 0.25) is 0 Å². The first-order chi connectivity index (χ1) is 53.1. The zero-order valence-electron chi connectivity index (χ0n) is 57.2. The second-order valence-electron chi connectivity index (χ2n) is 22.2. The van der Waals surface area contributed by atoms with Gasteiger partial charge in [-0.1, -0.05) is 24.3 Å². The maximum atomic E-state index is 4.06. The molecule has 0 bridgehead atoms. The monoisotopic (exact) mass is 1410 g/mol. The van der Waals surface area contributed by atoms with Crippen molar-refractivity contribution in [2.45, 2.75) is 19.4 Å². The van der Waals surface area contributed by atoms with Crippen molar-refractivity contribution in [1.29, 1.82) is 0 Å². The van der Waals surface area contributed by atoms with Crippen molar-refractivity contribution in [1.82, 2.24) is 150 Å². The molecule has 0 radical (unpaired) electrons. The van der Waals surface area contributed by atoms with Crippen LogP contribution in [0.4, 0.5) is 0 Å². The molecule has 0 saturated heterocycles. The van der Waals surface area contributed by atoms with Gasteiger partial charge in [-0.05, 0) is 134 Å². The van der Waals surface area contributed by atoms with Crippen LogP contribution in [0.5, 0.6) is 0 Å². The molecule has 23 aromatic rings. The van der Waals surface area contributed by atoms with Crippen LogP contribution in [-0.4, -0.2) is 150 Å². The molecule has 526 valence electrons. The molecule has 0 spiro atoms. The maximum absolute atomic E-state index is 4.06. The summed E-state index contributed by atoms with van der Waals surface area (Å²) in [5.41, 5.74) is 13.1. The number of pyridine rings is 5. The standard InChI is InChI=1S/3C7H6N2.C7H9N.8C6H5N3/c1-3-7-4-2-6-9(7)8-5-1;1-2-6-9-7(3-1)4-5-8-9;1-2-4-9-6-8-5-7(9)3-1;1-3-7-4-2-6-8(7)5-1;2*1-3-9-4-2-8-6(9)5-7-1;1-3-7-6-2-4-8-9(6)5-1;1-2-7-3-6-5(1)8-4-9-6;1-2-7-5-9-4-3-8-6(1)9;1-2-6-7-4-5-9(6)8-3-1;1-2-4-9-5-7-8-6(9)3-1;1-2-4-9-6(3-1)7-5-8-9/h3*1-6H;1,3,5H,2,4,6H2;3*1-5H;1-4H,(H,8,9);4*1-5H. The summed E-state index contributed by atoms with van der Waals surface area (Å²) >= 11 is 0. The summed E-state index contributed by atoms with van der Waals surface area (Å²) in [6.45, 7) is 1.24. The number of imidazole rings is 6.